The lowest BCUT2D eigenvalue weighted by atomic mass is 10.3. The molecule has 2 aromatic rings. The summed E-state index contributed by atoms with van der Waals surface area (Å²) in [7, 11) is 0. The Morgan fingerprint density at radius 1 is 1.67 bits per heavy atom. The molecule has 0 bridgehead atoms. The van der Waals surface area contributed by atoms with Crippen LogP contribution in [0.2, 0.25) is 0 Å². The highest BCUT2D eigenvalue weighted by molar-refractivity contribution is 5.85. The van der Waals surface area contributed by atoms with Crippen LogP contribution in [-0.2, 0) is 6.54 Å². The molecule has 2 heterocycles. The molecule has 2 aromatic heterocycles. The van der Waals surface area contributed by atoms with E-state index in [4.69, 9.17) is 9.63 Å². The molecule has 78 valence electrons. The van der Waals surface area contributed by atoms with E-state index in [1.54, 1.807) is 10.9 Å². The maximum absolute atomic E-state index is 10.5. The largest absolute Gasteiger partial charge is 0.476 e. The highest BCUT2D eigenvalue weighted by atomic mass is 16.5. The molecule has 0 fully saturated rings. The third kappa shape index (κ3) is 2.04. The minimum absolute atomic E-state index is 0.0890. The minimum Gasteiger partial charge on any atom is -0.476 e. The average molecular weight is 207 g/mol. The van der Waals surface area contributed by atoms with Crippen molar-refractivity contribution in [1.82, 2.24) is 14.9 Å². The van der Waals surface area contributed by atoms with Gasteiger partial charge in [0, 0.05) is 12.3 Å². The third-order valence-corrected chi connectivity index (χ3v) is 1.87. The second-order valence-corrected chi connectivity index (χ2v) is 3.14. The van der Waals surface area contributed by atoms with Gasteiger partial charge in [-0.15, -0.1) is 0 Å². The van der Waals surface area contributed by atoms with Crippen molar-refractivity contribution in [3.05, 3.63) is 35.5 Å². The van der Waals surface area contributed by atoms with Gasteiger partial charge in [-0.3, -0.25) is 4.68 Å². The van der Waals surface area contributed by atoms with Crippen molar-refractivity contribution in [2.45, 2.75) is 13.5 Å². The first-order chi connectivity index (χ1) is 7.15. The van der Waals surface area contributed by atoms with Gasteiger partial charge in [0.2, 0.25) is 0 Å². The predicted molar refractivity (Wildman–Crippen MR) is 49.5 cm³/mol. The highest BCUT2D eigenvalue weighted by Crippen LogP contribution is 2.05. The van der Waals surface area contributed by atoms with Crippen molar-refractivity contribution in [2.24, 2.45) is 0 Å². The van der Waals surface area contributed by atoms with Gasteiger partial charge in [0.15, 0.2) is 11.5 Å². The first kappa shape index (κ1) is 9.45. The number of hydrogen-bond donors (Lipinski definition) is 1. The summed E-state index contributed by atoms with van der Waals surface area (Å²) >= 11 is 0. The van der Waals surface area contributed by atoms with Gasteiger partial charge in [0.25, 0.3) is 0 Å². The Bertz CT molecular complexity index is 486. The second kappa shape index (κ2) is 3.56. The van der Waals surface area contributed by atoms with E-state index in [0.29, 0.717) is 12.3 Å². The van der Waals surface area contributed by atoms with Crippen molar-refractivity contribution in [3.63, 3.8) is 0 Å². The molecule has 15 heavy (non-hydrogen) atoms. The van der Waals surface area contributed by atoms with E-state index >= 15 is 0 Å². The Morgan fingerprint density at radius 2 is 2.47 bits per heavy atom. The van der Waals surface area contributed by atoms with E-state index in [-0.39, 0.29) is 5.69 Å². The van der Waals surface area contributed by atoms with Crippen LogP contribution in [0, 0.1) is 6.92 Å². The molecule has 1 N–H and O–H groups in total. The van der Waals surface area contributed by atoms with Crippen LogP contribution in [0.3, 0.4) is 0 Å². The van der Waals surface area contributed by atoms with Crippen molar-refractivity contribution in [3.8, 4) is 0 Å². The van der Waals surface area contributed by atoms with Crippen LogP contribution in [0.25, 0.3) is 0 Å². The third-order valence-electron chi connectivity index (χ3n) is 1.87. The summed E-state index contributed by atoms with van der Waals surface area (Å²) in [6, 6.07) is 3.24. The second-order valence-electron chi connectivity index (χ2n) is 3.14. The van der Waals surface area contributed by atoms with E-state index in [1.165, 1.54) is 6.07 Å². The molecule has 0 aromatic carbocycles. The zero-order valence-electron chi connectivity index (χ0n) is 8.04. The fourth-order valence-corrected chi connectivity index (χ4v) is 1.20. The van der Waals surface area contributed by atoms with Crippen LogP contribution < -0.4 is 0 Å². The Labute approximate surface area is 85.1 Å². The number of aromatic carboxylic acids is 1. The lowest BCUT2D eigenvalue weighted by Gasteiger charge is -1.94. The smallest absolute Gasteiger partial charge is 0.358 e. The standard InChI is InChI=1S/C9H9N3O3/c1-6-2-3-12(10-6)5-7-4-8(9(13)14)11-15-7/h2-4H,5H2,1H3,(H,13,14). The molecule has 6 heteroatoms. The maximum Gasteiger partial charge on any atom is 0.358 e. The van der Waals surface area contributed by atoms with Crippen LogP contribution in [0.15, 0.2) is 22.9 Å². The van der Waals surface area contributed by atoms with Crippen molar-refractivity contribution >= 4 is 5.97 Å². The lowest BCUT2D eigenvalue weighted by Crippen LogP contribution is -1.99. The number of rotatable bonds is 3. The summed E-state index contributed by atoms with van der Waals surface area (Å²) < 4.78 is 6.50. The van der Waals surface area contributed by atoms with Gasteiger partial charge in [-0.25, -0.2) is 4.79 Å². The summed E-state index contributed by atoms with van der Waals surface area (Å²) in [5.41, 5.74) is 0.807. The fourth-order valence-electron chi connectivity index (χ4n) is 1.20. The van der Waals surface area contributed by atoms with Gasteiger partial charge < -0.3 is 9.63 Å². The molecule has 0 radical (unpaired) electrons. The molecule has 0 aliphatic heterocycles. The summed E-state index contributed by atoms with van der Waals surface area (Å²) in [4.78, 5) is 10.5. The van der Waals surface area contributed by atoms with Crippen LogP contribution in [0.5, 0.6) is 0 Å². The summed E-state index contributed by atoms with van der Waals surface area (Å²) in [6.45, 7) is 2.26. The molecular formula is C9H9N3O3. The number of nitrogens with zero attached hydrogens (tertiary/aromatic N) is 3. The Morgan fingerprint density at radius 3 is 3.00 bits per heavy atom. The van der Waals surface area contributed by atoms with Gasteiger partial charge in [0.05, 0.1) is 5.69 Å². The molecule has 0 aliphatic rings. The molecule has 0 amide bonds. The predicted octanol–water partition coefficient (Wildman–Crippen LogP) is 0.926. The Kier molecular flexibility index (Phi) is 2.24. The summed E-state index contributed by atoms with van der Waals surface area (Å²) in [5, 5.41) is 16.2. The lowest BCUT2D eigenvalue weighted by molar-refractivity contribution is 0.0685. The number of aromatic nitrogens is 3. The molecule has 0 spiro atoms. The Hall–Kier alpha value is -2.11. The molecule has 0 atom stereocenters. The van der Waals surface area contributed by atoms with Gasteiger partial charge in [-0.1, -0.05) is 5.16 Å². The normalized spacial score (nSPS) is 10.5. The fraction of sp³-hybridized carbons (Fsp3) is 0.222. The zero-order chi connectivity index (χ0) is 10.8. The average Bonchev–Trinajstić information content (AvgIpc) is 2.76. The van der Waals surface area contributed by atoms with Gasteiger partial charge >= 0.3 is 5.97 Å². The van der Waals surface area contributed by atoms with Crippen molar-refractivity contribution in [2.75, 3.05) is 0 Å². The number of aryl methyl sites for hydroxylation is 1. The van der Waals surface area contributed by atoms with Crippen molar-refractivity contribution < 1.29 is 14.4 Å². The highest BCUT2D eigenvalue weighted by Gasteiger charge is 2.10. The van der Waals surface area contributed by atoms with Crippen LogP contribution >= 0.6 is 0 Å². The first-order valence-corrected chi connectivity index (χ1v) is 4.34. The van der Waals surface area contributed by atoms with Gasteiger partial charge in [0.1, 0.15) is 6.54 Å². The summed E-state index contributed by atoms with van der Waals surface area (Å²) in [5.74, 6) is -0.628. The maximum atomic E-state index is 10.5. The van der Waals surface area contributed by atoms with E-state index in [0.717, 1.165) is 5.69 Å². The monoisotopic (exact) mass is 207 g/mol. The quantitative estimate of drug-likeness (QED) is 0.809. The number of carbonyl (C=O) groups is 1. The molecule has 0 aliphatic carbocycles. The van der Waals surface area contributed by atoms with Gasteiger partial charge in [-0.2, -0.15) is 5.10 Å². The molecule has 0 saturated heterocycles. The first-order valence-electron chi connectivity index (χ1n) is 4.34. The van der Waals surface area contributed by atoms with Crippen LogP contribution in [0.1, 0.15) is 21.9 Å². The Balaban J connectivity index is 2.14. The van der Waals surface area contributed by atoms with Crippen LogP contribution in [-0.4, -0.2) is 26.0 Å². The van der Waals surface area contributed by atoms with Crippen molar-refractivity contribution in [1.29, 1.82) is 0 Å². The molecular weight excluding hydrogens is 198 g/mol. The molecule has 0 saturated carbocycles. The number of carboxylic acid groups (broad SMARTS) is 1. The van der Waals surface area contributed by atoms with Gasteiger partial charge in [-0.05, 0) is 13.0 Å². The minimum atomic E-state index is -1.10. The SMILES string of the molecule is Cc1ccn(Cc2cc(C(=O)O)no2)n1. The number of hydrogen-bond acceptors (Lipinski definition) is 4. The van der Waals surface area contributed by atoms with E-state index in [9.17, 15) is 4.79 Å². The molecule has 0 unspecified atom stereocenters. The topological polar surface area (TPSA) is 81.2 Å². The van der Waals surface area contributed by atoms with E-state index in [1.807, 2.05) is 13.0 Å². The zero-order valence-corrected chi connectivity index (χ0v) is 8.04. The number of carboxylic acids is 1. The van der Waals surface area contributed by atoms with E-state index < -0.39 is 5.97 Å². The van der Waals surface area contributed by atoms with Crippen LogP contribution in [0.4, 0.5) is 0 Å². The molecule has 6 nitrogen and oxygen atoms in total. The summed E-state index contributed by atoms with van der Waals surface area (Å²) in [6.07, 6.45) is 1.79. The van der Waals surface area contributed by atoms with E-state index in [2.05, 4.69) is 10.3 Å². The molecule has 2 rings (SSSR count).